The zero-order chi connectivity index (χ0) is 14.5. The van der Waals surface area contributed by atoms with Gasteiger partial charge in [0.25, 0.3) is 5.91 Å². The van der Waals surface area contributed by atoms with Crippen LogP contribution in [0.1, 0.15) is 31.8 Å². The fourth-order valence-electron chi connectivity index (χ4n) is 1.99. The highest BCUT2D eigenvalue weighted by atomic mass is 16.1. The Bertz CT molecular complexity index is 630. The standard InChI is InChI=1S/C17H17NO2/c1-12-6-8-14(9-7-12)16(19)11-13-4-3-5-15(10-13)17(20)18-2/h3-10H,11H2,1-2H3,(H,18,20). The van der Waals surface area contributed by atoms with Crippen LogP contribution in [0.15, 0.2) is 48.5 Å². The van der Waals surface area contributed by atoms with E-state index >= 15 is 0 Å². The van der Waals surface area contributed by atoms with E-state index in [2.05, 4.69) is 5.32 Å². The Hall–Kier alpha value is -2.42. The predicted molar refractivity (Wildman–Crippen MR) is 79.0 cm³/mol. The maximum atomic E-state index is 12.2. The fraction of sp³-hybridized carbons (Fsp3) is 0.176. The lowest BCUT2D eigenvalue weighted by Crippen LogP contribution is -2.18. The van der Waals surface area contributed by atoms with Gasteiger partial charge in [-0.3, -0.25) is 9.59 Å². The maximum Gasteiger partial charge on any atom is 0.251 e. The van der Waals surface area contributed by atoms with Crippen LogP contribution in [0.5, 0.6) is 0 Å². The quantitative estimate of drug-likeness (QED) is 0.866. The molecule has 20 heavy (non-hydrogen) atoms. The fourth-order valence-corrected chi connectivity index (χ4v) is 1.99. The van der Waals surface area contributed by atoms with Crippen molar-refractivity contribution in [3.8, 4) is 0 Å². The number of hydrogen-bond acceptors (Lipinski definition) is 2. The Morgan fingerprint density at radius 3 is 2.35 bits per heavy atom. The third kappa shape index (κ3) is 3.32. The van der Waals surface area contributed by atoms with Gasteiger partial charge in [-0.1, -0.05) is 42.0 Å². The Labute approximate surface area is 118 Å². The maximum absolute atomic E-state index is 12.2. The van der Waals surface area contributed by atoms with Gasteiger partial charge in [0, 0.05) is 24.6 Å². The van der Waals surface area contributed by atoms with Gasteiger partial charge >= 0.3 is 0 Å². The third-order valence-corrected chi connectivity index (χ3v) is 3.15. The summed E-state index contributed by atoms with van der Waals surface area (Å²) >= 11 is 0. The van der Waals surface area contributed by atoms with Crippen molar-refractivity contribution < 1.29 is 9.59 Å². The molecule has 0 fully saturated rings. The van der Waals surface area contributed by atoms with Crippen molar-refractivity contribution in [3.05, 3.63) is 70.8 Å². The van der Waals surface area contributed by atoms with Gasteiger partial charge in [-0.15, -0.1) is 0 Å². The van der Waals surface area contributed by atoms with Gasteiger partial charge in [0.05, 0.1) is 0 Å². The number of benzene rings is 2. The molecular formula is C17H17NO2. The number of aryl methyl sites for hydroxylation is 1. The number of rotatable bonds is 4. The molecule has 102 valence electrons. The number of hydrogen-bond donors (Lipinski definition) is 1. The summed E-state index contributed by atoms with van der Waals surface area (Å²) in [5.41, 5.74) is 3.24. The van der Waals surface area contributed by atoms with Gasteiger partial charge in [-0.05, 0) is 24.6 Å². The Morgan fingerprint density at radius 1 is 1.00 bits per heavy atom. The minimum atomic E-state index is -0.144. The second-order valence-electron chi connectivity index (χ2n) is 4.75. The van der Waals surface area contributed by atoms with E-state index in [1.807, 2.05) is 37.3 Å². The van der Waals surface area contributed by atoms with E-state index in [1.165, 1.54) is 0 Å². The van der Waals surface area contributed by atoms with Crippen LogP contribution in [0.2, 0.25) is 0 Å². The molecule has 1 amide bonds. The van der Waals surface area contributed by atoms with E-state index in [9.17, 15) is 9.59 Å². The van der Waals surface area contributed by atoms with E-state index in [0.29, 0.717) is 17.5 Å². The summed E-state index contributed by atoms with van der Waals surface area (Å²) in [6.45, 7) is 1.99. The number of carbonyl (C=O) groups is 2. The molecule has 1 N–H and O–H groups in total. The molecular weight excluding hydrogens is 250 g/mol. The monoisotopic (exact) mass is 267 g/mol. The van der Waals surface area contributed by atoms with Crippen LogP contribution < -0.4 is 5.32 Å². The molecule has 2 aromatic carbocycles. The molecule has 0 saturated heterocycles. The molecule has 0 spiro atoms. The molecule has 0 saturated carbocycles. The van der Waals surface area contributed by atoms with Crippen molar-refractivity contribution >= 4 is 11.7 Å². The third-order valence-electron chi connectivity index (χ3n) is 3.15. The summed E-state index contributed by atoms with van der Waals surface area (Å²) in [4.78, 5) is 23.7. The number of Topliss-reactive ketones (excluding diaryl/α,β-unsaturated/α-hetero) is 1. The number of amides is 1. The van der Waals surface area contributed by atoms with Crippen LogP contribution in [0, 0.1) is 6.92 Å². The molecule has 0 radical (unpaired) electrons. The molecule has 0 aromatic heterocycles. The van der Waals surface area contributed by atoms with Crippen molar-refractivity contribution in [1.82, 2.24) is 5.32 Å². The van der Waals surface area contributed by atoms with E-state index < -0.39 is 0 Å². The summed E-state index contributed by atoms with van der Waals surface area (Å²) in [6, 6.07) is 14.7. The highest BCUT2D eigenvalue weighted by Crippen LogP contribution is 2.11. The lowest BCUT2D eigenvalue weighted by molar-refractivity contribution is 0.0959. The lowest BCUT2D eigenvalue weighted by atomic mass is 10.0. The van der Waals surface area contributed by atoms with Crippen molar-refractivity contribution in [2.75, 3.05) is 7.05 Å². The molecule has 2 rings (SSSR count). The zero-order valence-electron chi connectivity index (χ0n) is 11.6. The summed E-state index contributed by atoms with van der Waals surface area (Å²) in [7, 11) is 1.59. The van der Waals surface area contributed by atoms with Crippen molar-refractivity contribution in [2.24, 2.45) is 0 Å². The second kappa shape index (κ2) is 6.15. The lowest BCUT2D eigenvalue weighted by Gasteiger charge is -2.05. The van der Waals surface area contributed by atoms with E-state index in [0.717, 1.165) is 11.1 Å². The Morgan fingerprint density at radius 2 is 1.70 bits per heavy atom. The van der Waals surface area contributed by atoms with Crippen LogP contribution >= 0.6 is 0 Å². The number of carbonyl (C=O) groups excluding carboxylic acids is 2. The Kier molecular flexibility index (Phi) is 4.31. The molecule has 0 aliphatic heterocycles. The van der Waals surface area contributed by atoms with Crippen LogP contribution in [-0.2, 0) is 6.42 Å². The van der Waals surface area contributed by atoms with Crippen molar-refractivity contribution in [2.45, 2.75) is 13.3 Å². The first-order valence-electron chi connectivity index (χ1n) is 6.51. The molecule has 3 heteroatoms. The van der Waals surface area contributed by atoms with Crippen LogP contribution in [0.4, 0.5) is 0 Å². The Balaban J connectivity index is 2.15. The second-order valence-corrected chi connectivity index (χ2v) is 4.75. The normalized spacial score (nSPS) is 10.1. The summed E-state index contributed by atoms with van der Waals surface area (Å²) in [6.07, 6.45) is 0.299. The minimum absolute atomic E-state index is 0.0547. The molecule has 0 aliphatic rings. The first-order valence-corrected chi connectivity index (χ1v) is 6.51. The number of nitrogens with one attached hydrogen (secondary N) is 1. The van der Waals surface area contributed by atoms with Gasteiger partial charge in [-0.2, -0.15) is 0 Å². The van der Waals surface area contributed by atoms with Gasteiger partial charge in [0.15, 0.2) is 5.78 Å². The average Bonchev–Trinajstić information content (AvgIpc) is 2.47. The molecule has 0 aliphatic carbocycles. The summed E-state index contributed by atoms with van der Waals surface area (Å²) in [5.74, 6) is -0.0892. The van der Waals surface area contributed by atoms with E-state index in [1.54, 1.807) is 25.2 Å². The summed E-state index contributed by atoms with van der Waals surface area (Å²) in [5, 5.41) is 2.58. The first kappa shape index (κ1) is 14.0. The highest BCUT2D eigenvalue weighted by Gasteiger charge is 2.09. The van der Waals surface area contributed by atoms with Crippen LogP contribution in [0.3, 0.4) is 0 Å². The zero-order valence-corrected chi connectivity index (χ0v) is 11.6. The molecule has 0 atom stereocenters. The largest absolute Gasteiger partial charge is 0.355 e. The van der Waals surface area contributed by atoms with Gasteiger partial charge in [0.1, 0.15) is 0 Å². The van der Waals surface area contributed by atoms with Crippen LogP contribution in [0.25, 0.3) is 0 Å². The topological polar surface area (TPSA) is 46.2 Å². The average molecular weight is 267 g/mol. The highest BCUT2D eigenvalue weighted by molar-refractivity contribution is 5.98. The van der Waals surface area contributed by atoms with Gasteiger partial charge in [-0.25, -0.2) is 0 Å². The van der Waals surface area contributed by atoms with E-state index in [4.69, 9.17) is 0 Å². The van der Waals surface area contributed by atoms with Crippen LogP contribution in [-0.4, -0.2) is 18.7 Å². The van der Waals surface area contributed by atoms with Gasteiger partial charge < -0.3 is 5.32 Å². The number of ketones is 1. The molecule has 2 aromatic rings. The van der Waals surface area contributed by atoms with Crippen molar-refractivity contribution in [1.29, 1.82) is 0 Å². The first-order chi connectivity index (χ1) is 9.60. The molecule has 3 nitrogen and oxygen atoms in total. The van der Waals surface area contributed by atoms with E-state index in [-0.39, 0.29) is 11.7 Å². The van der Waals surface area contributed by atoms with Gasteiger partial charge in [0.2, 0.25) is 0 Å². The molecule has 0 heterocycles. The minimum Gasteiger partial charge on any atom is -0.355 e. The summed E-state index contributed by atoms with van der Waals surface area (Å²) < 4.78 is 0. The molecule has 0 bridgehead atoms. The molecule has 0 unspecified atom stereocenters. The smallest absolute Gasteiger partial charge is 0.251 e. The SMILES string of the molecule is CNC(=O)c1cccc(CC(=O)c2ccc(C)cc2)c1. The predicted octanol–water partition coefficient (Wildman–Crippen LogP) is 2.78. The van der Waals surface area contributed by atoms with Crippen molar-refractivity contribution in [3.63, 3.8) is 0 Å².